The summed E-state index contributed by atoms with van der Waals surface area (Å²) in [6, 6.07) is 10.2. The summed E-state index contributed by atoms with van der Waals surface area (Å²) in [5.74, 6) is -3.75. The number of H-pyrrole nitrogens is 1. The molecule has 1 saturated carbocycles. The van der Waals surface area contributed by atoms with Crippen LogP contribution in [0.1, 0.15) is 106 Å². The minimum absolute atomic E-state index is 0.0192. The SMILES string of the molecule is CC(C)(O)c1cnnn1[C@H]1C[C@@H](C(=O)NC(CCCCNC(=O)OCc2ccccc2)C(=O)C(N)=O)N(C(=O)[C@@H](CC2CCCCC2)NC(=O)c2ccc3cn[nH]c3c2)C1. The van der Waals surface area contributed by atoms with E-state index in [9.17, 15) is 33.9 Å². The monoisotopic (exact) mass is 826 g/mol. The molecule has 3 heterocycles. The van der Waals surface area contributed by atoms with Crippen molar-refractivity contribution < 1.29 is 38.6 Å². The van der Waals surface area contributed by atoms with Crippen molar-refractivity contribution in [2.24, 2.45) is 11.7 Å². The number of hydrogen-bond acceptors (Lipinski definition) is 11. The fraction of sp³-hybridized carbons (Fsp3) is 0.500. The van der Waals surface area contributed by atoms with Gasteiger partial charge in [0, 0.05) is 30.5 Å². The second kappa shape index (κ2) is 19.7. The molecule has 2 aliphatic rings. The predicted octanol–water partition coefficient (Wildman–Crippen LogP) is 2.93. The number of carbonyl (C=O) groups is 6. The average Bonchev–Trinajstić information content (AvgIpc) is 4.02. The van der Waals surface area contributed by atoms with Crippen LogP contribution < -0.4 is 21.7 Å². The molecule has 60 heavy (non-hydrogen) atoms. The van der Waals surface area contributed by atoms with Gasteiger partial charge in [0.2, 0.25) is 17.6 Å². The van der Waals surface area contributed by atoms with E-state index in [1.54, 1.807) is 38.2 Å². The van der Waals surface area contributed by atoms with Gasteiger partial charge >= 0.3 is 6.09 Å². The second-order valence-corrected chi connectivity index (χ2v) is 16.2. The summed E-state index contributed by atoms with van der Waals surface area (Å²) in [5, 5.41) is 35.2. The summed E-state index contributed by atoms with van der Waals surface area (Å²) < 4.78 is 6.73. The van der Waals surface area contributed by atoms with Crippen molar-refractivity contribution in [1.82, 2.24) is 46.0 Å². The Balaban J connectivity index is 1.19. The highest BCUT2D eigenvalue weighted by molar-refractivity contribution is 6.37. The van der Waals surface area contributed by atoms with Gasteiger partial charge in [-0.05, 0) is 63.1 Å². The van der Waals surface area contributed by atoms with E-state index in [0.717, 1.165) is 43.1 Å². The summed E-state index contributed by atoms with van der Waals surface area (Å²) >= 11 is 0. The molecule has 4 atom stereocenters. The van der Waals surface area contributed by atoms with E-state index in [1.807, 2.05) is 30.3 Å². The lowest BCUT2D eigenvalue weighted by Crippen LogP contribution is -2.56. The molecule has 1 aliphatic carbocycles. The third kappa shape index (κ3) is 11.1. The highest BCUT2D eigenvalue weighted by Gasteiger charge is 2.45. The van der Waals surface area contributed by atoms with Crippen LogP contribution in [0.5, 0.6) is 0 Å². The van der Waals surface area contributed by atoms with E-state index in [0.29, 0.717) is 36.0 Å². The Bertz CT molecular complexity index is 2140. The van der Waals surface area contributed by atoms with Gasteiger partial charge in [0.05, 0.1) is 35.7 Å². The molecule has 7 N–H and O–H groups in total. The maximum Gasteiger partial charge on any atom is 0.407 e. The molecule has 1 aliphatic heterocycles. The molecule has 6 rings (SSSR count). The number of benzene rings is 2. The Morgan fingerprint density at radius 2 is 1.75 bits per heavy atom. The topological polar surface area (TPSA) is 257 Å². The number of nitrogens with one attached hydrogen (secondary N) is 4. The largest absolute Gasteiger partial charge is 0.445 e. The van der Waals surface area contributed by atoms with Gasteiger partial charge in [0.25, 0.3) is 11.8 Å². The van der Waals surface area contributed by atoms with E-state index < -0.39 is 65.3 Å². The summed E-state index contributed by atoms with van der Waals surface area (Å²) in [6.45, 7) is 3.42. The van der Waals surface area contributed by atoms with Gasteiger partial charge in [0.15, 0.2) is 0 Å². The van der Waals surface area contributed by atoms with E-state index in [4.69, 9.17) is 10.5 Å². The molecule has 0 radical (unpaired) electrons. The smallest absolute Gasteiger partial charge is 0.407 e. The maximum atomic E-state index is 14.9. The lowest BCUT2D eigenvalue weighted by atomic mass is 9.84. The van der Waals surface area contributed by atoms with Crippen molar-refractivity contribution in [3.05, 3.63) is 77.7 Å². The molecule has 18 nitrogen and oxygen atoms in total. The Morgan fingerprint density at radius 3 is 2.48 bits per heavy atom. The van der Waals surface area contributed by atoms with E-state index in [-0.39, 0.29) is 38.5 Å². The number of ether oxygens (including phenoxy) is 1. The number of ketones is 1. The molecule has 1 unspecified atom stereocenters. The number of fused-ring (bicyclic) bond motifs is 1. The van der Waals surface area contributed by atoms with Crippen molar-refractivity contribution in [3.8, 4) is 0 Å². The molecule has 4 aromatic rings. The van der Waals surface area contributed by atoms with E-state index in [2.05, 4.69) is 36.5 Å². The summed E-state index contributed by atoms with van der Waals surface area (Å²) in [5.41, 5.74) is 6.23. The molecule has 2 aromatic heterocycles. The normalized spacial score (nSPS) is 18.1. The van der Waals surface area contributed by atoms with Gasteiger partial charge in [-0.25, -0.2) is 9.48 Å². The summed E-state index contributed by atoms with van der Waals surface area (Å²) in [4.78, 5) is 81.9. The molecular weight excluding hydrogens is 773 g/mol. The summed E-state index contributed by atoms with van der Waals surface area (Å²) in [7, 11) is 0. The Morgan fingerprint density at radius 1 is 0.983 bits per heavy atom. The predicted molar refractivity (Wildman–Crippen MR) is 218 cm³/mol. The molecule has 2 aromatic carbocycles. The number of unbranched alkanes of at least 4 members (excludes halogenated alkanes) is 1. The third-order valence-electron chi connectivity index (χ3n) is 11.3. The van der Waals surface area contributed by atoms with Gasteiger partial charge in [0.1, 0.15) is 24.3 Å². The number of nitrogens with zero attached hydrogens (tertiary/aromatic N) is 5. The average molecular weight is 827 g/mol. The molecule has 1 saturated heterocycles. The minimum Gasteiger partial charge on any atom is -0.445 e. The zero-order valence-electron chi connectivity index (χ0n) is 34.0. The number of amides is 5. The first-order chi connectivity index (χ1) is 28.8. The molecule has 18 heteroatoms. The van der Waals surface area contributed by atoms with Crippen LogP contribution in [0.15, 0.2) is 60.9 Å². The van der Waals surface area contributed by atoms with Gasteiger partial charge in [-0.3, -0.25) is 29.1 Å². The van der Waals surface area contributed by atoms with Crippen LogP contribution in [0, 0.1) is 5.92 Å². The number of carbonyl (C=O) groups excluding carboxylic acids is 6. The lowest BCUT2D eigenvalue weighted by molar-refractivity contribution is -0.142. The lowest BCUT2D eigenvalue weighted by Gasteiger charge is -2.32. The van der Waals surface area contributed by atoms with Crippen molar-refractivity contribution in [2.75, 3.05) is 13.1 Å². The van der Waals surface area contributed by atoms with Gasteiger partial charge < -0.3 is 36.4 Å². The molecule has 5 amide bonds. The number of aromatic amines is 1. The number of nitrogens with two attached hydrogens (primary N) is 1. The zero-order valence-corrected chi connectivity index (χ0v) is 34.0. The van der Waals surface area contributed by atoms with Crippen LogP contribution in [0.25, 0.3) is 10.9 Å². The number of aromatic nitrogens is 5. The van der Waals surface area contributed by atoms with Crippen molar-refractivity contribution in [2.45, 2.75) is 114 Å². The number of aliphatic hydroxyl groups is 1. The Hall–Kier alpha value is -6.17. The van der Waals surface area contributed by atoms with Crippen LogP contribution >= 0.6 is 0 Å². The Kier molecular flexibility index (Phi) is 14.3. The zero-order chi connectivity index (χ0) is 42.8. The van der Waals surface area contributed by atoms with Crippen LogP contribution in [-0.2, 0) is 36.1 Å². The molecule has 320 valence electrons. The van der Waals surface area contributed by atoms with Gasteiger partial charge in [-0.2, -0.15) is 5.10 Å². The van der Waals surface area contributed by atoms with Gasteiger partial charge in [-0.1, -0.05) is 73.7 Å². The van der Waals surface area contributed by atoms with Crippen molar-refractivity contribution >= 4 is 46.4 Å². The highest BCUT2D eigenvalue weighted by Crippen LogP contribution is 2.34. The molecule has 2 fully saturated rings. The Labute approximate surface area is 347 Å². The standard InChI is InChI=1S/C42H54N10O8/c1-42(2,59)35-23-46-50-52(35)30-21-34(39(56)47-31(36(53)37(43)54)15-9-10-18-44-41(58)60-25-27-13-7-4-8-14-27)51(24-30)40(57)33(19-26-11-5-3-6-12-26)48-38(55)28-16-17-29-22-45-49-32(29)20-28/h4,7-8,13-14,16-17,20,22-23,26,30-31,33-34,59H,3,5-6,9-12,15,18-19,21,24-25H2,1-2H3,(H2,43,54)(H,44,58)(H,45,49)(H,47,56)(H,48,55)/t30-,31?,33+,34-/m0/s1. The first-order valence-corrected chi connectivity index (χ1v) is 20.5. The first kappa shape index (κ1) is 43.4. The molecule has 0 spiro atoms. The number of alkyl carbamates (subject to hydrolysis) is 1. The van der Waals surface area contributed by atoms with Crippen LogP contribution in [-0.4, -0.2) is 102 Å². The van der Waals surface area contributed by atoms with E-state index in [1.165, 1.54) is 15.8 Å². The fourth-order valence-electron chi connectivity index (χ4n) is 8.08. The van der Waals surface area contributed by atoms with Crippen LogP contribution in [0.2, 0.25) is 0 Å². The van der Waals surface area contributed by atoms with Crippen LogP contribution in [0.3, 0.4) is 0 Å². The molecular formula is C42H54N10O8. The van der Waals surface area contributed by atoms with Gasteiger partial charge in [-0.15, -0.1) is 5.10 Å². The maximum absolute atomic E-state index is 14.9. The van der Waals surface area contributed by atoms with Crippen LogP contribution in [0.4, 0.5) is 4.79 Å². The van der Waals surface area contributed by atoms with E-state index >= 15 is 0 Å². The highest BCUT2D eigenvalue weighted by atomic mass is 16.5. The number of hydrogen-bond donors (Lipinski definition) is 6. The van der Waals surface area contributed by atoms with Crippen molar-refractivity contribution in [3.63, 3.8) is 0 Å². The fourth-order valence-corrected chi connectivity index (χ4v) is 8.08. The minimum atomic E-state index is -1.36. The summed E-state index contributed by atoms with van der Waals surface area (Å²) in [6.07, 6.45) is 8.41. The molecule has 0 bridgehead atoms. The quantitative estimate of drug-likeness (QED) is 0.0628. The van der Waals surface area contributed by atoms with Crippen molar-refractivity contribution in [1.29, 1.82) is 0 Å². The number of Topliss-reactive ketones (excluding diaryl/α,β-unsaturated/α-hetero) is 1. The number of primary amides is 1. The number of rotatable bonds is 18. The third-order valence-corrected chi connectivity index (χ3v) is 11.3. The second-order valence-electron chi connectivity index (χ2n) is 16.2. The first-order valence-electron chi connectivity index (χ1n) is 20.5. The number of likely N-dealkylation sites (tertiary alicyclic amines) is 1.